The van der Waals surface area contributed by atoms with Crippen LogP contribution in [0.25, 0.3) is 11.2 Å². The Labute approximate surface area is 87.1 Å². The molecular formula is C8H12ClN5. The van der Waals surface area contributed by atoms with Crippen LogP contribution in [0.3, 0.4) is 0 Å². The van der Waals surface area contributed by atoms with Crippen molar-refractivity contribution < 1.29 is 0 Å². The zero-order chi connectivity index (χ0) is 10.6. The Morgan fingerprint density at radius 1 is 1.21 bits per heavy atom. The number of hydrogen-bond acceptors (Lipinski definition) is 4. The van der Waals surface area contributed by atoms with E-state index in [0.717, 1.165) is 0 Å². The summed E-state index contributed by atoms with van der Waals surface area (Å²) in [5, 5.41) is 0.381. The highest BCUT2D eigenvalue weighted by atomic mass is 35.5. The summed E-state index contributed by atoms with van der Waals surface area (Å²) in [6.45, 7) is 0. The largest absolute Gasteiger partial charge is 0.329 e. The standard InChI is InChI=1S/C5H3ClN4.C3H9N/c6-4-3-5(9-1-7-3)10-2-8-4;1-4(2)3/h1-2H,(H,7,8,9,10);1-3H3. The lowest BCUT2D eigenvalue weighted by Crippen LogP contribution is -1.99. The average molecular weight is 214 g/mol. The van der Waals surface area contributed by atoms with Crippen molar-refractivity contribution in [3.8, 4) is 0 Å². The Balaban J connectivity index is 0.000000213. The molecule has 2 aromatic rings. The van der Waals surface area contributed by atoms with Gasteiger partial charge in [0.1, 0.15) is 11.8 Å². The summed E-state index contributed by atoms with van der Waals surface area (Å²) in [7, 11) is 6.00. The van der Waals surface area contributed by atoms with Gasteiger partial charge in [-0.05, 0) is 21.1 Å². The first kappa shape index (κ1) is 10.9. The molecule has 0 aliphatic carbocycles. The first-order valence-electron chi connectivity index (χ1n) is 4.01. The molecule has 6 heteroatoms. The molecule has 1 N–H and O–H groups in total. The van der Waals surface area contributed by atoms with Crippen molar-refractivity contribution in [3.05, 3.63) is 17.8 Å². The van der Waals surface area contributed by atoms with Crippen molar-refractivity contribution in [2.75, 3.05) is 21.1 Å². The molecule has 0 aromatic carbocycles. The molecule has 0 radical (unpaired) electrons. The van der Waals surface area contributed by atoms with Gasteiger partial charge in [-0.15, -0.1) is 0 Å². The minimum absolute atomic E-state index is 0.381. The van der Waals surface area contributed by atoms with Crippen molar-refractivity contribution in [2.45, 2.75) is 0 Å². The number of hydrogen-bond donors (Lipinski definition) is 1. The Kier molecular flexibility index (Phi) is 3.79. The van der Waals surface area contributed by atoms with Gasteiger partial charge in [-0.2, -0.15) is 0 Å². The molecule has 0 aliphatic heterocycles. The number of halogens is 1. The van der Waals surface area contributed by atoms with Crippen LogP contribution in [-0.4, -0.2) is 46.0 Å². The number of aromatic amines is 1. The second-order valence-electron chi connectivity index (χ2n) is 3.11. The number of nitrogens with zero attached hydrogens (tertiary/aromatic N) is 4. The van der Waals surface area contributed by atoms with Crippen LogP contribution < -0.4 is 0 Å². The lowest BCUT2D eigenvalue weighted by Gasteiger charge is -1.90. The minimum Gasteiger partial charge on any atom is -0.329 e. The lowest BCUT2D eigenvalue weighted by atomic mass is 10.6. The normalized spacial score (nSPS) is 10.1. The van der Waals surface area contributed by atoms with E-state index in [1.54, 1.807) is 0 Å². The fraction of sp³-hybridized carbons (Fsp3) is 0.375. The van der Waals surface area contributed by atoms with Crippen molar-refractivity contribution in [1.29, 1.82) is 0 Å². The van der Waals surface area contributed by atoms with E-state index in [9.17, 15) is 0 Å². The predicted octanol–water partition coefficient (Wildman–Crippen LogP) is 1.18. The molecule has 5 nitrogen and oxygen atoms in total. The quantitative estimate of drug-likeness (QED) is 0.668. The molecule has 0 bridgehead atoms. The molecule has 0 aliphatic rings. The molecular weight excluding hydrogens is 202 g/mol. The summed E-state index contributed by atoms with van der Waals surface area (Å²) in [6, 6.07) is 0. The molecule has 0 spiro atoms. The van der Waals surface area contributed by atoms with E-state index in [2.05, 4.69) is 19.9 Å². The number of aromatic nitrogens is 4. The first-order chi connectivity index (χ1) is 6.61. The third kappa shape index (κ3) is 2.93. The van der Waals surface area contributed by atoms with Crippen LogP contribution in [0.4, 0.5) is 0 Å². The number of H-pyrrole nitrogens is 1. The van der Waals surface area contributed by atoms with Crippen LogP contribution in [0.15, 0.2) is 12.7 Å². The highest BCUT2D eigenvalue weighted by Gasteiger charge is 2.00. The maximum Gasteiger partial charge on any atom is 0.162 e. The van der Waals surface area contributed by atoms with E-state index in [4.69, 9.17) is 11.6 Å². The van der Waals surface area contributed by atoms with Gasteiger partial charge < -0.3 is 9.88 Å². The average Bonchev–Trinajstić information content (AvgIpc) is 2.52. The molecule has 0 atom stereocenters. The van der Waals surface area contributed by atoms with Gasteiger partial charge >= 0.3 is 0 Å². The number of rotatable bonds is 0. The number of imidazole rings is 1. The van der Waals surface area contributed by atoms with E-state index in [0.29, 0.717) is 16.3 Å². The van der Waals surface area contributed by atoms with Gasteiger partial charge in [-0.3, -0.25) is 0 Å². The fourth-order valence-corrected chi connectivity index (χ4v) is 0.917. The van der Waals surface area contributed by atoms with Crippen molar-refractivity contribution in [3.63, 3.8) is 0 Å². The second kappa shape index (κ2) is 4.88. The zero-order valence-electron chi connectivity index (χ0n) is 8.32. The molecule has 14 heavy (non-hydrogen) atoms. The van der Waals surface area contributed by atoms with Crippen LogP contribution in [-0.2, 0) is 0 Å². The number of fused-ring (bicyclic) bond motifs is 1. The molecule has 0 saturated carbocycles. The van der Waals surface area contributed by atoms with Crippen LogP contribution >= 0.6 is 11.6 Å². The third-order valence-electron chi connectivity index (χ3n) is 1.17. The highest BCUT2D eigenvalue weighted by Crippen LogP contribution is 2.13. The topological polar surface area (TPSA) is 57.7 Å². The molecule has 2 rings (SSSR count). The van der Waals surface area contributed by atoms with Crippen LogP contribution in [0.2, 0.25) is 5.15 Å². The third-order valence-corrected chi connectivity index (χ3v) is 1.45. The van der Waals surface area contributed by atoms with Crippen molar-refractivity contribution in [1.82, 2.24) is 24.8 Å². The summed E-state index contributed by atoms with van der Waals surface area (Å²) in [6.07, 6.45) is 2.92. The Morgan fingerprint density at radius 2 is 1.86 bits per heavy atom. The monoisotopic (exact) mass is 213 g/mol. The van der Waals surface area contributed by atoms with E-state index in [-0.39, 0.29) is 0 Å². The molecule has 0 fully saturated rings. The van der Waals surface area contributed by atoms with Gasteiger partial charge in [0.05, 0.1) is 6.33 Å². The molecule has 2 aromatic heterocycles. The van der Waals surface area contributed by atoms with E-state index >= 15 is 0 Å². The lowest BCUT2D eigenvalue weighted by molar-refractivity contribution is 0.505. The molecule has 76 valence electrons. The Hall–Kier alpha value is -1.20. The Bertz CT molecular complexity index is 395. The second-order valence-corrected chi connectivity index (χ2v) is 3.46. The van der Waals surface area contributed by atoms with Crippen LogP contribution in [0, 0.1) is 0 Å². The van der Waals surface area contributed by atoms with Gasteiger partial charge in [0, 0.05) is 0 Å². The minimum atomic E-state index is 0.381. The molecule has 0 unspecified atom stereocenters. The molecule has 0 amide bonds. The maximum atomic E-state index is 5.66. The first-order valence-corrected chi connectivity index (χ1v) is 4.39. The van der Waals surface area contributed by atoms with E-state index < -0.39 is 0 Å². The molecule has 2 heterocycles. The van der Waals surface area contributed by atoms with Crippen LogP contribution in [0.1, 0.15) is 0 Å². The number of nitrogens with one attached hydrogen (secondary N) is 1. The van der Waals surface area contributed by atoms with Gasteiger partial charge in [0.2, 0.25) is 0 Å². The van der Waals surface area contributed by atoms with Gasteiger partial charge in [-0.1, -0.05) is 11.6 Å². The predicted molar refractivity (Wildman–Crippen MR) is 56.3 cm³/mol. The summed E-state index contributed by atoms with van der Waals surface area (Å²) >= 11 is 5.66. The summed E-state index contributed by atoms with van der Waals surface area (Å²) in [5.74, 6) is 0. The summed E-state index contributed by atoms with van der Waals surface area (Å²) < 4.78 is 0. The Morgan fingerprint density at radius 3 is 2.43 bits per heavy atom. The summed E-state index contributed by atoms with van der Waals surface area (Å²) in [5.41, 5.74) is 1.28. The molecule has 0 saturated heterocycles. The van der Waals surface area contributed by atoms with E-state index in [1.807, 2.05) is 26.0 Å². The smallest absolute Gasteiger partial charge is 0.162 e. The van der Waals surface area contributed by atoms with Crippen LogP contribution in [0.5, 0.6) is 0 Å². The summed E-state index contributed by atoms with van der Waals surface area (Å²) in [4.78, 5) is 16.4. The maximum absolute atomic E-state index is 5.66. The zero-order valence-corrected chi connectivity index (χ0v) is 9.08. The highest BCUT2D eigenvalue weighted by molar-refractivity contribution is 6.33. The van der Waals surface area contributed by atoms with Gasteiger partial charge in [0.15, 0.2) is 10.8 Å². The van der Waals surface area contributed by atoms with E-state index in [1.165, 1.54) is 12.7 Å². The van der Waals surface area contributed by atoms with Gasteiger partial charge in [-0.25, -0.2) is 15.0 Å². The SMILES string of the molecule is CN(C)C.Clc1ncnc2[nH]cnc12. The van der Waals surface area contributed by atoms with Gasteiger partial charge in [0.25, 0.3) is 0 Å². The van der Waals surface area contributed by atoms with Crippen molar-refractivity contribution in [2.24, 2.45) is 0 Å². The fourth-order valence-electron chi connectivity index (χ4n) is 0.735. The van der Waals surface area contributed by atoms with Crippen molar-refractivity contribution >= 4 is 22.8 Å².